The first-order valence-electron chi connectivity index (χ1n) is 12.2. The first-order valence-corrected chi connectivity index (χ1v) is 12.2. The molecule has 2 aromatic carbocycles. The van der Waals surface area contributed by atoms with Crippen molar-refractivity contribution in [3.05, 3.63) is 71.3 Å². The molecule has 1 heterocycles. The number of likely N-dealkylation sites (tertiary alicyclic amines) is 1. The third-order valence-corrected chi connectivity index (χ3v) is 5.92. The average Bonchev–Trinajstić information content (AvgIpc) is 2.87. The Hall–Kier alpha value is -3.79. The van der Waals surface area contributed by atoms with Crippen molar-refractivity contribution < 1.29 is 14.3 Å². The highest BCUT2D eigenvalue weighted by atomic mass is 16.5. The summed E-state index contributed by atoms with van der Waals surface area (Å²) < 4.78 is 5.35. The Morgan fingerprint density at radius 2 is 1.83 bits per heavy atom. The van der Waals surface area contributed by atoms with Crippen LogP contribution < -0.4 is 11.1 Å². The van der Waals surface area contributed by atoms with E-state index in [0.717, 1.165) is 36.1 Å². The van der Waals surface area contributed by atoms with Crippen LogP contribution in [0.2, 0.25) is 0 Å². The molecule has 0 aliphatic carbocycles. The first kappa shape index (κ1) is 25.8. The molecule has 2 aromatic rings. The van der Waals surface area contributed by atoms with Gasteiger partial charge in [-0.25, -0.2) is 4.79 Å². The standard InChI is InChI=1S/C28H34N4O3/c1-2-17-35-27(34)25(31-26(33)19-24-9-6-16-32(20-24)28(29)30)18-23-14-12-22(13-15-23)11-10-21-7-4-3-5-8-21/h3-5,7-8,12-15,24-25H,2,6,9,16-20H2,1H3,(H3,29,30)(H,31,33)/t24-,25+/m1/s1. The van der Waals surface area contributed by atoms with E-state index in [4.69, 9.17) is 15.9 Å². The molecule has 1 aliphatic heterocycles. The number of hydrogen-bond donors (Lipinski definition) is 3. The Bertz CT molecular complexity index is 1060. The molecule has 3 rings (SSSR count). The van der Waals surface area contributed by atoms with Gasteiger partial charge in [0.15, 0.2) is 5.96 Å². The number of hydrogen-bond acceptors (Lipinski definition) is 4. The molecular weight excluding hydrogens is 440 g/mol. The van der Waals surface area contributed by atoms with Crippen molar-refractivity contribution in [1.82, 2.24) is 10.2 Å². The van der Waals surface area contributed by atoms with Gasteiger partial charge in [0.2, 0.25) is 5.91 Å². The van der Waals surface area contributed by atoms with Crippen LogP contribution in [0, 0.1) is 23.2 Å². The van der Waals surface area contributed by atoms with Crippen molar-refractivity contribution in [2.24, 2.45) is 11.7 Å². The summed E-state index contributed by atoms with van der Waals surface area (Å²) in [6, 6.07) is 16.7. The number of guanidine groups is 1. The van der Waals surface area contributed by atoms with E-state index in [1.807, 2.05) is 61.5 Å². The van der Waals surface area contributed by atoms with Crippen molar-refractivity contribution in [1.29, 1.82) is 5.41 Å². The average molecular weight is 475 g/mol. The summed E-state index contributed by atoms with van der Waals surface area (Å²) in [5.74, 6) is 5.79. The first-order chi connectivity index (χ1) is 16.9. The van der Waals surface area contributed by atoms with Crippen LogP contribution >= 0.6 is 0 Å². The van der Waals surface area contributed by atoms with Gasteiger partial charge in [0.1, 0.15) is 6.04 Å². The monoisotopic (exact) mass is 474 g/mol. The zero-order valence-corrected chi connectivity index (χ0v) is 20.3. The lowest BCUT2D eigenvalue weighted by atomic mass is 9.94. The number of amides is 1. The van der Waals surface area contributed by atoms with Crippen molar-refractivity contribution in [2.45, 2.75) is 45.1 Å². The number of ether oxygens (including phenoxy) is 1. The second kappa shape index (κ2) is 13.2. The maximum absolute atomic E-state index is 12.8. The third-order valence-electron chi connectivity index (χ3n) is 5.92. The van der Waals surface area contributed by atoms with E-state index in [1.165, 1.54) is 0 Å². The normalized spacial score (nSPS) is 15.9. The summed E-state index contributed by atoms with van der Waals surface area (Å²) in [5, 5.41) is 10.5. The quantitative estimate of drug-likeness (QED) is 0.236. The van der Waals surface area contributed by atoms with Gasteiger partial charge in [-0.15, -0.1) is 0 Å². The molecule has 0 spiro atoms. The molecular formula is C28H34N4O3. The predicted molar refractivity (Wildman–Crippen MR) is 137 cm³/mol. The zero-order chi connectivity index (χ0) is 25.0. The maximum atomic E-state index is 12.8. The van der Waals surface area contributed by atoms with Crippen LogP contribution in [0.4, 0.5) is 0 Å². The Morgan fingerprint density at radius 3 is 2.49 bits per heavy atom. The van der Waals surface area contributed by atoms with Gasteiger partial charge in [0, 0.05) is 37.1 Å². The van der Waals surface area contributed by atoms with E-state index < -0.39 is 12.0 Å². The van der Waals surface area contributed by atoms with Crippen molar-refractivity contribution in [3.8, 4) is 11.8 Å². The smallest absolute Gasteiger partial charge is 0.328 e. The molecule has 2 atom stereocenters. The van der Waals surface area contributed by atoms with Crippen LogP contribution in [0.15, 0.2) is 54.6 Å². The number of benzene rings is 2. The Morgan fingerprint density at radius 1 is 1.14 bits per heavy atom. The van der Waals surface area contributed by atoms with E-state index in [-0.39, 0.29) is 24.2 Å². The minimum atomic E-state index is -0.761. The van der Waals surface area contributed by atoms with Crippen LogP contribution in [0.5, 0.6) is 0 Å². The molecule has 7 heteroatoms. The Labute approximate surface area is 207 Å². The number of nitrogens with zero attached hydrogens (tertiary/aromatic N) is 1. The van der Waals surface area contributed by atoms with Gasteiger partial charge in [-0.3, -0.25) is 10.2 Å². The predicted octanol–water partition coefficient (Wildman–Crippen LogP) is 3.06. The van der Waals surface area contributed by atoms with Crippen molar-refractivity contribution in [3.63, 3.8) is 0 Å². The number of nitrogens with two attached hydrogens (primary N) is 1. The fourth-order valence-corrected chi connectivity index (χ4v) is 4.09. The number of rotatable bonds is 8. The Balaban J connectivity index is 1.62. The van der Waals surface area contributed by atoms with E-state index in [2.05, 4.69) is 17.2 Å². The highest BCUT2D eigenvalue weighted by molar-refractivity contribution is 5.85. The fourth-order valence-electron chi connectivity index (χ4n) is 4.09. The van der Waals surface area contributed by atoms with Gasteiger partial charge >= 0.3 is 5.97 Å². The van der Waals surface area contributed by atoms with Gasteiger partial charge < -0.3 is 20.7 Å². The van der Waals surface area contributed by atoms with E-state index in [9.17, 15) is 9.59 Å². The topological polar surface area (TPSA) is 109 Å². The SMILES string of the molecule is CCCOC(=O)[C@H](Cc1ccc(C#Cc2ccccc2)cc1)NC(=O)C[C@H]1CCCN(C(=N)N)C1. The van der Waals surface area contributed by atoms with Crippen molar-refractivity contribution >= 4 is 17.8 Å². The van der Waals surface area contributed by atoms with Crippen LogP contribution in [-0.2, 0) is 20.7 Å². The number of carbonyl (C=O) groups excluding carboxylic acids is 2. The summed E-state index contributed by atoms with van der Waals surface area (Å²) in [4.78, 5) is 27.3. The minimum absolute atomic E-state index is 0.0352. The molecule has 1 amide bonds. The molecule has 35 heavy (non-hydrogen) atoms. The van der Waals surface area contributed by atoms with Gasteiger partial charge in [-0.1, -0.05) is 49.1 Å². The number of esters is 1. The summed E-state index contributed by atoms with van der Waals surface area (Å²) in [5.41, 5.74) is 8.34. The maximum Gasteiger partial charge on any atom is 0.328 e. The molecule has 0 saturated carbocycles. The number of carbonyl (C=O) groups is 2. The van der Waals surface area contributed by atoms with Gasteiger partial charge in [0.25, 0.3) is 0 Å². The molecule has 0 bridgehead atoms. The lowest BCUT2D eigenvalue weighted by Gasteiger charge is -2.32. The van der Waals surface area contributed by atoms with Crippen LogP contribution in [0.3, 0.4) is 0 Å². The largest absolute Gasteiger partial charge is 0.464 e. The third kappa shape index (κ3) is 8.49. The molecule has 0 aromatic heterocycles. The second-order valence-corrected chi connectivity index (χ2v) is 8.85. The summed E-state index contributed by atoms with van der Waals surface area (Å²) in [6.45, 7) is 3.57. The lowest BCUT2D eigenvalue weighted by molar-refractivity contribution is -0.148. The van der Waals surface area contributed by atoms with E-state index in [1.54, 1.807) is 4.90 Å². The van der Waals surface area contributed by atoms with Crippen LogP contribution in [-0.4, -0.2) is 48.5 Å². The highest BCUT2D eigenvalue weighted by Crippen LogP contribution is 2.19. The molecule has 1 saturated heterocycles. The van der Waals surface area contributed by atoms with Crippen molar-refractivity contribution in [2.75, 3.05) is 19.7 Å². The summed E-state index contributed by atoms with van der Waals surface area (Å²) >= 11 is 0. The molecule has 4 N–H and O–H groups in total. The Kier molecular flexibility index (Phi) is 9.73. The zero-order valence-electron chi connectivity index (χ0n) is 20.3. The molecule has 1 aliphatic rings. The van der Waals surface area contributed by atoms with Crippen LogP contribution in [0.25, 0.3) is 0 Å². The van der Waals surface area contributed by atoms with Gasteiger partial charge in [-0.05, 0) is 55.0 Å². The highest BCUT2D eigenvalue weighted by Gasteiger charge is 2.27. The number of piperidine rings is 1. The number of nitrogens with one attached hydrogen (secondary N) is 2. The summed E-state index contributed by atoms with van der Waals surface area (Å²) in [6.07, 6.45) is 3.12. The molecule has 7 nitrogen and oxygen atoms in total. The summed E-state index contributed by atoms with van der Waals surface area (Å²) in [7, 11) is 0. The van der Waals surface area contributed by atoms with Crippen LogP contribution in [0.1, 0.15) is 49.3 Å². The van der Waals surface area contributed by atoms with E-state index in [0.29, 0.717) is 26.0 Å². The molecule has 1 fully saturated rings. The fraction of sp³-hybridized carbons (Fsp3) is 0.393. The van der Waals surface area contributed by atoms with Gasteiger partial charge in [0.05, 0.1) is 6.61 Å². The second-order valence-electron chi connectivity index (χ2n) is 8.85. The van der Waals surface area contributed by atoms with Gasteiger partial charge in [-0.2, -0.15) is 0 Å². The molecule has 0 radical (unpaired) electrons. The molecule has 184 valence electrons. The van der Waals surface area contributed by atoms with E-state index >= 15 is 0 Å². The minimum Gasteiger partial charge on any atom is -0.464 e. The lowest BCUT2D eigenvalue weighted by Crippen LogP contribution is -2.47. The molecule has 0 unspecified atom stereocenters.